The Morgan fingerprint density at radius 1 is 0.724 bits per heavy atom. The summed E-state index contributed by atoms with van der Waals surface area (Å²) in [5.41, 5.74) is 10.3. The standard InChI is InChI=1S/C66H54Cl2N6O11S2/c1-78-47-26-19-40(20-27-47)35-81-59-52(67)34-51(55(68)60(59)82-36-41-21-28-48(79-2)29-22-41)53-33-50(84-72-53)32-25-43-38-86-63-57(62(76)74(63)58(43)64(77)83-37-42-23-30-49(80-3)31-24-42)71-61(75)56(54-39-87-65(69)70-54)73-85-66(44-13-7-4-8-14-44,45-15-9-5-10-16-45)46-17-11-6-12-18-46/h4-34,39,57,63H,35-38H2,1-3H3,(H2,69,70)(H,71,75)/b32-25+,73-56-/t57-,63-/m1/s1. The van der Waals surface area contributed by atoms with Gasteiger partial charge in [-0.2, -0.15) is 0 Å². The van der Waals surface area contributed by atoms with E-state index in [0.29, 0.717) is 39.6 Å². The number of halogens is 2. The minimum absolute atomic E-state index is 0.0275. The molecular formula is C66H54Cl2N6O11S2. The van der Waals surface area contributed by atoms with E-state index in [1.54, 1.807) is 75.3 Å². The number of anilines is 1. The number of hydrogen-bond donors (Lipinski definition) is 2. The summed E-state index contributed by atoms with van der Waals surface area (Å²) in [5.74, 6) is 0.722. The van der Waals surface area contributed by atoms with Crippen LogP contribution in [-0.2, 0) is 49.4 Å². The van der Waals surface area contributed by atoms with Gasteiger partial charge in [0, 0.05) is 39.5 Å². The molecule has 17 nitrogen and oxygen atoms in total. The lowest BCUT2D eigenvalue weighted by Gasteiger charge is -2.49. The van der Waals surface area contributed by atoms with E-state index in [9.17, 15) is 14.4 Å². The molecule has 0 bridgehead atoms. The fraction of sp³-hybridized carbons (Fsp3) is 0.152. The number of allylic oxidation sites excluding steroid dienone is 1. The predicted octanol–water partition coefficient (Wildman–Crippen LogP) is 12.7. The first-order valence-corrected chi connectivity index (χ1v) is 29.7. The average molecular weight is 1240 g/mol. The number of nitrogens with zero attached hydrogens (tertiary/aromatic N) is 4. The number of ether oxygens (including phenoxy) is 6. The molecular weight excluding hydrogens is 1190 g/mol. The van der Waals surface area contributed by atoms with Crippen LogP contribution < -0.4 is 34.7 Å². The molecule has 0 radical (unpaired) electrons. The van der Waals surface area contributed by atoms with E-state index < -0.39 is 34.8 Å². The first-order valence-electron chi connectivity index (χ1n) is 27.1. The third kappa shape index (κ3) is 12.9. The van der Waals surface area contributed by atoms with Gasteiger partial charge in [-0.1, -0.05) is 167 Å². The van der Waals surface area contributed by atoms with Crippen molar-refractivity contribution in [3.05, 3.63) is 254 Å². The van der Waals surface area contributed by atoms with Gasteiger partial charge in [0.15, 0.2) is 28.1 Å². The molecule has 7 aromatic carbocycles. The van der Waals surface area contributed by atoms with E-state index in [1.807, 2.05) is 140 Å². The van der Waals surface area contributed by atoms with Crippen LogP contribution in [-0.4, -0.2) is 77.0 Å². The number of benzene rings is 7. The number of amides is 2. The number of esters is 1. The Morgan fingerprint density at radius 3 is 1.77 bits per heavy atom. The fourth-order valence-electron chi connectivity index (χ4n) is 9.77. The largest absolute Gasteiger partial charge is 0.497 e. The minimum Gasteiger partial charge on any atom is -0.497 e. The molecule has 11 rings (SSSR count). The number of nitrogens with two attached hydrogens (primary N) is 1. The van der Waals surface area contributed by atoms with Gasteiger partial charge in [-0.3, -0.25) is 14.5 Å². The van der Waals surface area contributed by atoms with Crippen LogP contribution in [0.1, 0.15) is 44.8 Å². The fourth-order valence-corrected chi connectivity index (χ4v) is 12.2. The van der Waals surface area contributed by atoms with Crippen molar-refractivity contribution in [2.24, 2.45) is 5.16 Å². The molecule has 0 spiro atoms. The van der Waals surface area contributed by atoms with E-state index in [2.05, 4.69) is 20.6 Å². The third-order valence-corrected chi connectivity index (χ3v) is 16.9. The summed E-state index contributed by atoms with van der Waals surface area (Å²) >= 11 is 16.6. The highest BCUT2D eigenvalue weighted by molar-refractivity contribution is 8.00. The minimum atomic E-state index is -1.36. The van der Waals surface area contributed by atoms with Crippen molar-refractivity contribution in [2.45, 2.75) is 36.8 Å². The zero-order chi connectivity index (χ0) is 60.4. The number of carbonyl (C=O) groups excluding carboxylic acids is 3. The maximum Gasteiger partial charge on any atom is 0.355 e. The van der Waals surface area contributed by atoms with Crippen LogP contribution in [0.15, 0.2) is 208 Å². The van der Waals surface area contributed by atoms with E-state index in [1.165, 1.54) is 16.7 Å². The van der Waals surface area contributed by atoms with Gasteiger partial charge >= 0.3 is 5.97 Å². The Bertz CT molecular complexity index is 3920. The van der Waals surface area contributed by atoms with Crippen LogP contribution in [0.25, 0.3) is 17.3 Å². The van der Waals surface area contributed by atoms with E-state index >= 15 is 0 Å². The molecule has 0 unspecified atom stereocenters. The Balaban J connectivity index is 0.883. The smallest absolute Gasteiger partial charge is 0.355 e. The molecule has 4 heterocycles. The topological polar surface area (TPSA) is 208 Å². The summed E-state index contributed by atoms with van der Waals surface area (Å²) in [5, 5.41) is 13.2. The summed E-state index contributed by atoms with van der Waals surface area (Å²) in [6, 6.07) is 52.5. The molecule has 3 N–H and O–H groups in total. The highest BCUT2D eigenvalue weighted by Gasteiger charge is 2.55. The average Bonchev–Trinajstić information content (AvgIpc) is 1.19. The van der Waals surface area contributed by atoms with Gasteiger partial charge < -0.3 is 48.8 Å². The van der Waals surface area contributed by atoms with E-state index in [0.717, 1.165) is 39.2 Å². The van der Waals surface area contributed by atoms with Crippen molar-refractivity contribution >= 4 is 81.0 Å². The van der Waals surface area contributed by atoms with Crippen LogP contribution in [0.5, 0.6) is 28.7 Å². The van der Waals surface area contributed by atoms with Crippen molar-refractivity contribution in [1.29, 1.82) is 0 Å². The number of carbonyl (C=O) groups is 3. The Hall–Kier alpha value is -9.53. The first-order chi connectivity index (χ1) is 42.4. The lowest BCUT2D eigenvalue weighted by Crippen LogP contribution is -2.71. The van der Waals surface area contributed by atoms with E-state index in [-0.39, 0.29) is 75.1 Å². The molecule has 0 aliphatic carbocycles. The Kier molecular flexibility index (Phi) is 18.2. The van der Waals surface area contributed by atoms with Gasteiger partial charge in [0.05, 0.1) is 31.4 Å². The number of oxime groups is 1. The normalized spacial score (nSPS) is 14.9. The van der Waals surface area contributed by atoms with Crippen LogP contribution >= 0.6 is 46.3 Å². The number of aromatic nitrogens is 2. The molecule has 9 aromatic rings. The van der Waals surface area contributed by atoms with Crippen molar-refractivity contribution in [3.63, 3.8) is 0 Å². The Morgan fingerprint density at radius 2 is 1.25 bits per heavy atom. The van der Waals surface area contributed by atoms with Gasteiger partial charge in [0.2, 0.25) is 5.60 Å². The molecule has 440 valence electrons. The first kappa shape index (κ1) is 59.2. The van der Waals surface area contributed by atoms with E-state index in [4.69, 9.17) is 66.7 Å². The highest BCUT2D eigenvalue weighted by Crippen LogP contribution is 2.48. The number of methoxy groups -OCH3 is 3. The number of hydrogen-bond acceptors (Lipinski definition) is 17. The number of thiazole rings is 1. The van der Waals surface area contributed by atoms with Crippen LogP contribution in [0.2, 0.25) is 10.0 Å². The zero-order valence-corrected chi connectivity index (χ0v) is 50.0. The third-order valence-electron chi connectivity index (χ3n) is 14.3. The van der Waals surface area contributed by atoms with Crippen molar-refractivity contribution in [2.75, 3.05) is 32.8 Å². The molecule has 1 fully saturated rings. The molecule has 2 aliphatic rings. The summed E-state index contributed by atoms with van der Waals surface area (Å²) in [6.07, 6.45) is 3.26. The molecule has 0 saturated carbocycles. The zero-order valence-electron chi connectivity index (χ0n) is 46.9. The predicted molar refractivity (Wildman–Crippen MR) is 334 cm³/mol. The monoisotopic (exact) mass is 1240 g/mol. The number of rotatable bonds is 23. The van der Waals surface area contributed by atoms with Crippen molar-refractivity contribution in [3.8, 4) is 40.0 Å². The SMILES string of the molecule is COc1ccc(COC(=O)C2=C(/C=C/c3cc(-c4cc(Cl)c(OCc5ccc(OC)cc5)c(OCc5ccc(OC)cc5)c4Cl)no3)CS[C@@H]3[C@H](NC(=O)/C(=N\OC(c4ccccc4)(c4ccccc4)c4ccccc4)c4csc(N)n4)C(=O)N23)cc1. The number of fused-ring (bicyclic) bond motifs is 1. The summed E-state index contributed by atoms with van der Waals surface area (Å²) in [7, 11) is 4.74. The lowest BCUT2D eigenvalue weighted by atomic mass is 9.80. The number of nitrogens with one attached hydrogen (secondary N) is 1. The number of thioether (sulfide) groups is 1. The number of β-lactam (4-membered cyclic amide) rings is 1. The second-order valence-corrected chi connectivity index (χ2v) is 22.4. The number of nitrogen functional groups attached to an aromatic ring is 1. The van der Waals surface area contributed by atoms with Crippen LogP contribution in [0.4, 0.5) is 5.13 Å². The van der Waals surface area contributed by atoms with Crippen LogP contribution in [0, 0.1) is 0 Å². The summed E-state index contributed by atoms with van der Waals surface area (Å²) in [4.78, 5) is 56.4. The molecule has 21 heteroatoms. The maximum absolute atomic E-state index is 14.8. The maximum atomic E-state index is 14.8. The van der Waals surface area contributed by atoms with Gasteiger partial charge in [-0.15, -0.1) is 23.1 Å². The van der Waals surface area contributed by atoms with Crippen molar-refractivity contribution < 1.29 is 52.2 Å². The van der Waals surface area contributed by atoms with Gasteiger partial charge in [0.1, 0.15) is 65.6 Å². The summed E-state index contributed by atoms with van der Waals surface area (Å²) in [6.45, 7) is 0.118. The Labute approximate surface area is 518 Å². The second-order valence-electron chi connectivity index (χ2n) is 19.6. The summed E-state index contributed by atoms with van der Waals surface area (Å²) < 4.78 is 40.4. The highest BCUT2D eigenvalue weighted by atomic mass is 35.5. The van der Waals surface area contributed by atoms with Gasteiger partial charge in [-0.05, 0) is 70.8 Å². The molecule has 87 heavy (non-hydrogen) atoms. The van der Waals surface area contributed by atoms with Crippen molar-refractivity contribution in [1.82, 2.24) is 20.4 Å². The molecule has 1 saturated heterocycles. The molecule has 2 atom stereocenters. The quantitative estimate of drug-likeness (QED) is 0.0201. The lowest BCUT2D eigenvalue weighted by molar-refractivity contribution is -0.153. The van der Waals surface area contributed by atoms with Crippen LogP contribution in [0.3, 0.4) is 0 Å². The molecule has 2 amide bonds. The second kappa shape index (κ2) is 26.8. The molecule has 2 aliphatic heterocycles. The van der Waals surface area contributed by atoms with Gasteiger partial charge in [-0.25, -0.2) is 9.78 Å². The van der Waals surface area contributed by atoms with Gasteiger partial charge in [0.25, 0.3) is 11.8 Å². The molecule has 2 aromatic heterocycles.